The summed E-state index contributed by atoms with van der Waals surface area (Å²) in [6, 6.07) is 5.52. The number of benzene rings is 1. The second-order valence-corrected chi connectivity index (χ2v) is 5.74. The third-order valence-corrected chi connectivity index (χ3v) is 4.00. The van der Waals surface area contributed by atoms with Gasteiger partial charge in [0.05, 0.1) is 6.10 Å². The van der Waals surface area contributed by atoms with E-state index < -0.39 is 0 Å². The molecular formula is C17H26FNO. The van der Waals surface area contributed by atoms with Crippen LogP contribution in [0.5, 0.6) is 5.75 Å². The molecule has 1 N–H and O–H groups in total. The molecule has 1 aliphatic rings. The van der Waals surface area contributed by atoms with Crippen LogP contribution in [0, 0.1) is 5.82 Å². The highest BCUT2D eigenvalue weighted by Gasteiger charge is 2.17. The van der Waals surface area contributed by atoms with Gasteiger partial charge < -0.3 is 10.1 Å². The summed E-state index contributed by atoms with van der Waals surface area (Å²) in [5, 5.41) is 3.37. The Hall–Kier alpha value is -1.09. The highest BCUT2D eigenvalue weighted by atomic mass is 19.1. The van der Waals surface area contributed by atoms with Gasteiger partial charge >= 0.3 is 0 Å². The van der Waals surface area contributed by atoms with Gasteiger partial charge in [-0.15, -0.1) is 0 Å². The molecule has 0 aliphatic heterocycles. The summed E-state index contributed by atoms with van der Waals surface area (Å²) in [7, 11) is 0. The van der Waals surface area contributed by atoms with Gasteiger partial charge in [0.1, 0.15) is 0 Å². The largest absolute Gasteiger partial charge is 0.487 e. The minimum Gasteiger partial charge on any atom is -0.487 e. The Labute approximate surface area is 121 Å². The Kier molecular flexibility index (Phi) is 5.84. The van der Waals surface area contributed by atoms with E-state index in [1.165, 1.54) is 19.3 Å². The van der Waals surface area contributed by atoms with E-state index in [0.717, 1.165) is 31.4 Å². The molecule has 1 fully saturated rings. The number of halogens is 1. The molecule has 2 rings (SSSR count). The molecule has 0 spiro atoms. The Balaban J connectivity index is 1.97. The van der Waals surface area contributed by atoms with Crippen molar-refractivity contribution in [2.75, 3.05) is 6.54 Å². The average Bonchev–Trinajstić information content (AvgIpc) is 2.48. The fraction of sp³-hybridized carbons (Fsp3) is 0.647. The van der Waals surface area contributed by atoms with Crippen LogP contribution in [-0.4, -0.2) is 12.6 Å². The summed E-state index contributed by atoms with van der Waals surface area (Å²) in [4.78, 5) is 0. The van der Waals surface area contributed by atoms with E-state index in [0.29, 0.717) is 5.75 Å². The lowest BCUT2D eigenvalue weighted by molar-refractivity contribution is 0.148. The smallest absolute Gasteiger partial charge is 0.165 e. The van der Waals surface area contributed by atoms with Crippen molar-refractivity contribution in [3.8, 4) is 5.75 Å². The molecule has 1 aromatic carbocycles. The maximum Gasteiger partial charge on any atom is 0.165 e. The molecule has 3 heteroatoms. The van der Waals surface area contributed by atoms with Gasteiger partial charge in [0.15, 0.2) is 11.6 Å². The fourth-order valence-corrected chi connectivity index (χ4v) is 2.72. The summed E-state index contributed by atoms with van der Waals surface area (Å²) in [5.74, 6) is 0.168. The molecule has 1 aromatic rings. The number of hydrogen-bond acceptors (Lipinski definition) is 2. The summed E-state index contributed by atoms with van der Waals surface area (Å²) in [6.45, 7) is 5.14. The average molecular weight is 279 g/mol. The quantitative estimate of drug-likeness (QED) is 0.822. The van der Waals surface area contributed by atoms with Crippen LogP contribution in [0.4, 0.5) is 4.39 Å². The van der Waals surface area contributed by atoms with Crippen molar-refractivity contribution >= 4 is 0 Å². The SMILES string of the molecule is CCCNC(C)c1ccc(OC2CCCCC2)c(F)c1. The van der Waals surface area contributed by atoms with Gasteiger partial charge in [-0.25, -0.2) is 4.39 Å². The first-order chi connectivity index (χ1) is 9.70. The molecule has 2 nitrogen and oxygen atoms in total. The van der Waals surface area contributed by atoms with Crippen molar-refractivity contribution in [1.29, 1.82) is 0 Å². The standard InChI is InChI=1S/C17H26FNO/c1-3-11-19-13(2)14-9-10-17(16(18)12-14)20-15-7-5-4-6-8-15/h9-10,12-13,15,19H,3-8,11H2,1-2H3. The highest BCUT2D eigenvalue weighted by molar-refractivity contribution is 5.31. The van der Waals surface area contributed by atoms with Crippen LogP contribution in [0.25, 0.3) is 0 Å². The number of hydrogen-bond donors (Lipinski definition) is 1. The first-order valence-corrected chi connectivity index (χ1v) is 7.90. The zero-order valence-electron chi connectivity index (χ0n) is 12.6. The molecule has 0 amide bonds. The van der Waals surface area contributed by atoms with Gasteiger partial charge in [0.2, 0.25) is 0 Å². The van der Waals surface area contributed by atoms with E-state index in [4.69, 9.17) is 4.74 Å². The van der Waals surface area contributed by atoms with Crippen LogP contribution in [0.2, 0.25) is 0 Å². The van der Waals surface area contributed by atoms with Gasteiger partial charge in [-0.1, -0.05) is 19.4 Å². The van der Waals surface area contributed by atoms with Gasteiger partial charge in [-0.3, -0.25) is 0 Å². The molecule has 1 aliphatic carbocycles. The number of nitrogens with one attached hydrogen (secondary N) is 1. The van der Waals surface area contributed by atoms with Crippen LogP contribution >= 0.6 is 0 Å². The summed E-state index contributed by atoms with van der Waals surface area (Å²) >= 11 is 0. The normalized spacial score (nSPS) is 17.9. The Morgan fingerprint density at radius 2 is 2.05 bits per heavy atom. The molecule has 0 aromatic heterocycles. The van der Waals surface area contributed by atoms with E-state index in [-0.39, 0.29) is 18.0 Å². The zero-order chi connectivity index (χ0) is 14.4. The van der Waals surface area contributed by atoms with Crippen LogP contribution < -0.4 is 10.1 Å². The minimum absolute atomic E-state index is 0.174. The molecule has 0 bridgehead atoms. The van der Waals surface area contributed by atoms with Crippen molar-refractivity contribution < 1.29 is 9.13 Å². The molecular weight excluding hydrogens is 253 g/mol. The second kappa shape index (κ2) is 7.63. The lowest BCUT2D eigenvalue weighted by Gasteiger charge is -2.23. The molecule has 0 heterocycles. The molecule has 0 saturated heterocycles. The maximum absolute atomic E-state index is 14.1. The number of rotatable bonds is 6. The third-order valence-electron chi connectivity index (χ3n) is 4.00. The summed E-state index contributed by atoms with van der Waals surface area (Å²) in [6.07, 6.45) is 7.05. The van der Waals surface area contributed by atoms with Crippen LogP contribution in [0.3, 0.4) is 0 Å². The van der Waals surface area contributed by atoms with E-state index in [1.807, 2.05) is 6.07 Å². The Morgan fingerprint density at radius 1 is 1.30 bits per heavy atom. The molecule has 112 valence electrons. The molecule has 0 radical (unpaired) electrons. The molecule has 1 atom stereocenters. The van der Waals surface area contributed by atoms with E-state index >= 15 is 0 Å². The predicted molar refractivity (Wildman–Crippen MR) is 80.6 cm³/mol. The maximum atomic E-state index is 14.1. The van der Waals surface area contributed by atoms with Crippen molar-refractivity contribution in [2.24, 2.45) is 0 Å². The fourth-order valence-electron chi connectivity index (χ4n) is 2.72. The van der Waals surface area contributed by atoms with Gasteiger partial charge in [-0.2, -0.15) is 0 Å². The van der Waals surface area contributed by atoms with Crippen molar-refractivity contribution in [1.82, 2.24) is 5.32 Å². The van der Waals surface area contributed by atoms with Crippen LogP contribution in [0.1, 0.15) is 64.0 Å². The molecule has 1 saturated carbocycles. The van der Waals surface area contributed by atoms with Gasteiger partial charge in [0, 0.05) is 6.04 Å². The van der Waals surface area contributed by atoms with E-state index in [9.17, 15) is 4.39 Å². The van der Waals surface area contributed by atoms with Gasteiger partial charge in [-0.05, 0) is 63.3 Å². The van der Waals surface area contributed by atoms with Crippen LogP contribution in [-0.2, 0) is 0 Å². The molecule has 1 unspecified atom stereocenters. The third kappa shape index (κ3) is 4.20. The number of ether oxygens (including phenoxy) is 1. The summed E-state index contributed by atoms with van der Waals surface area (Å²) < 4.78 is 19.9. The Morgan fingerprint density at radius 3 is 2.70 bits per heavy atom. The lowest BCUT2D eigenvalue weighted by Crippen LogP contribution is -2.21. The van der Waals surface area contributed by atoms with E-state index in [1.54, 1.807) is 12.1 Å². The highest BCUT2D eigenvalue weighted by Crippen LogP contribution is 2.27. The van der Waals surface area contributed by atoms with Crippen molar-refractivity contribution in [2.45, 2.75) is 64.5 Å². The first kappa shape index (κ1) is 15.3. The lowest BCUT2D eigenvalue weighted by atomic mass is 9.98. The molecule has 20 heavy (non-hydrogen) atoms. The minimum atomic E-state index is -0.238. The topological polar surface area (TPSA) is 21.3 Å². The van der Waals surface area contributed by atoms with Crippen molar-refractivity contribution in [3.05, 3.63) is 29.6 Å². The summed E-state index contributed by atoms with van der Waals surface area (Å²) in [5.41, 5.74) is 0.979. The van der Waals surface area contributed by atoms with Gasteiger partial charge in [0.25, 0.3) is 0 Å². The van der Waals surface area contributed by atoms with Crippen molar-refractivity contribution in [3.63, 3.8) is 0 Å². The monoisotopic (exact) mass is 279 g/mol. The Bertz CT molecular complexity index is 415. The van der Waals surface area contributed by atoms with Crippen LogP contribution in [0.15, 0.2) is 18.2 Å². The van der Waals surface area contributed by atoms with E-state index in [2.05, 4.69) is 19.2 Å². The second-order valence-electron chi connectivity index (χ2n) is 5.74. The first-order valence-electron chi connectivity index (χ1n) is 7.90. The zero-order valence-corrected chi connectivity index (χ0v) is 12.6. The predicted octanol–water partition coefficient (Wildman–Crippen LogP) is 4.60.